The quantitative estimate of drug-likeness (QED) is 0.579. The number of hydrogen-bond acceptors (Lipinski definition) is 3. The summed E-state index contributed by atoms with van der Waals surface area (Å²) in [6.45, 7) is 6.46. The zero-order valence-corrected chi connectivity index (χ0v) is 10.1. The first-order chi connectivity index (χ1) is 7.56. The van der Waals surface area contributed by atoms with Crippen molar-refractivity contribution >= 4 is 5.78 Å². The van der Waals surface area contributed by atoms with Crippen LogP contribution in [0.2, 0.25) is 0 Å². The molecule has 0 saturated carbocycles. The Morgan fingerprint density at radius 1 is 1.38 bits per heavy atom. The van der Waals surface area contributed by atoms with Gasteiger partial charge in [0.2, 0.25) is 0 Å². The number of methoxy groups -OCH3 is 1. The van der Waals surface area contributed by atoms with Crippen LogP contribution in [0.25, 0.3) is 0 Å². The highest BCUT2D eigenvalue weighted by molar-refractivity contribution is 6.04. The molecule has 2 rings (SSSR count). The lowest BCUT2D eigenvalue weighted by Gasteiger charge is -2.15. The van der Waals surface area contributed by atoms with E-state index in [1.54, 1.807) is 7.11 Å². The molecular weight excluding hydrogens is 204 g/mol. The fraction of sp³-hybridized carbons (Fsp3) is 0.462. The summed E-state index contributed by atoms with van der Waals surface area (Å²) in [7, 11) is 1.60. The van der Waals surface area contributed by atoms with Crippen molar-refractivity contribution in [2.24, 2.45) is 0 Å². The molecule has 1 unspecified atom stereocenters. The molecule has 0 spiro atoms. The van der Waals surface area contributed by atoms with Gasteiger partial charge in [-0.15, -0.1) is 0 Å². The first kappa shape index (κ1) is 11.1. The molecule has 0 aromatic heterocycles. The molecule has 0 aliphatic carbocycles. The first-order valence-corrected chi connectivity index (χ1v) is 5.37. The van der Waals surface area contributed by atoms with Gasteiger partial charge in [0.25, 0.3) is 0 Å². The number of epoxide rings is 1. The molecule has 1 aliphatic heterocycles. The van der Waals surface area contributed by atoms with Crippen LogP contribution >= 0.6 is 0 Å². The predicted molar refractivity (Wildman–Crippen MR) is 61.3 cm³/mol. The summed E-state index contributed by atoms with van der Waals surface area (Å²) in [5.41, 5.74) is 3.80. The molecule has 1 fully saturated rings. The van der Waals surface area contributed by atoms with Crippen LogP contribution in [0.4, 0.5) is 0 Å². The largest absolute Gasteiger partial charge is 0.496 e. The van der Waals surface area contributed by atoms with Crippen molar-refractivity contribution in [3.8, 4) is 5.75 Å². The molecule has 16 heavy (non-hydrogen) atoms. The van der Waals surface area contributed by atoms with Gasteiger partial charge in [-0.05, 0) is 37.5 Å². The number of benzene rings is 1. The fourth-order valence-electron chi connectivity index (χ4n) is 1.97. The molecule has 0 amide bonds. The summed E-state index contributed by atoms with van der Waals surface area (Å²) >= 11 is 0. The Morgan fingerprint density at radius 2 is 2.00 bits per heavy atom. The standard InChI is InChI=1S/C13H16O3/c1-7-5-8(2)11(12(14)10-6-16-10)13(15-4)9(7)3/h5,10H,6H2,1-4H3. The normalized spacial score (nSPS) is 18.4. The molecule has 86 valence electrons. The summed E-state index contributed by atoms with van der Waals surface area (Å²) in [4.78, 5) is 12.1. The van der Waals surface area contributed by atoms with Gasteiger partial charge in [0.05, 0.1) is 19.3 Å². The number of Topliss-reactive ketones (excluding diaryl/α,β-unsaturated/α-hetero) is 1. The molecule has 0 N–H and O–H groups in total. The van der Waals surface area contributed by atoms with E-state index in [-0.39, 0.29) is 11.9 Å². The lowest BCUT2D eigenvalue weighted by Crippen LogP contribution is -2.12. The van der Waals surface area contributed by atoms with Crippen LogP contribution in [0.5, 0.6) is 5.75 Å². The van der Waals surface area contributed by atoms with E-state index in [1.165, 1.54) is 0 Å². The van der Waals surface area contributed by atoms with Gasteiger partial charge in [0, 0.05) is 0 Å². The Labute approximate surface area is 95.4 Å². The Morgan fingerprint density at radius 3 is 2.50 bits per heavy atom. The van der Waals surface area contributed by atoms with Crippen LogP contribution in [-0.4, -0.2) is 25.6 Å². The van der Waals surface area contributed by atoms with Crippen LogP contribution in [-0.2, 0) is 4.74 Å². The molecule has 0 bridgehead atoms. The molecule has 1 atom stereocenters. The van der Waals surface area contributed by atoms with Crippen LogP contribution in [0.15, 0.2) is 6.07 Å². The minimum absolute atomic E-state index is 0.0393. The molecule has 0 radical (unpaired) electrons. The van der Waals surface area contributed by atoms with Crippen molar-refractivity contribution in [2.75, 3.05) is 13.7 Å². The molecule has 1 saturated heterocycles. The highest BCUT2D eigenvalue weighted by atomic mass is 16.6. The van der Waals surface area contributed by atoms with Crippen molar-refractivity contribution in [3.63, 3.8) is 0 Å². The van der Waals surface area contributed by atoms with E-state index in [9.17, 15) is 4.79 Å². The number of hydrogen-bond donors (Lipinski definition) is 0. The van der Waals surface area contributed by atoms with Crippen molar-refractivity contribution < 1.29 is 14.3 Å². The van der Waals surface area contributed by atoms with Crippen LogP contribution in [0.3, 0.4) is 0 Å². The second kappa shape index (κ2) is 3.91. The van der Waals surface area contributed by atoms with E-state index >= 15 is 0 Å². The number of rotatable bonds is 3. The molecule has 1 aromatic rings. The fourth-order valence-corrected chi connectivity index (χ4v) is 1.97. The average molecular weight is 220 g/mol. The molecule has 1 aromatic carbocycles. The summed E-state index contributed by atoms with van der Waals surface area (Å²) < 4.78 is 10.4. The van der Waals surface area contributed by atoms with E-state index in [2.05, 4.69) is 0 Å². The Hall–Kier alpha value is -1.35. The van der Waals surface area contributed by atoms with Gasteiger partial charge in [-0.2, -0.15) is 0 Å². The summed E-state index contributed by atoms with van der Waals surface area (Å²) in [5.74, 6) is 0.732. The van der Waals surface area contributed by atoms with E-state index in [0.29, 0.717) is 17.9 Å². The Balaban J connectivity index is 2.57. The topological polar surface area (TPSA) is 38.8 Å². The summed E-state index contributed by atoms with van der Waals surface area (Å²) in [5, 5.41) is 0. The number of ether oxygens (including phenoxy) is 2. The van der Waals surface area contributed by atoms with Crippen molar-refractivity contribution in [1.82, 2.24) is 0 Å². The summed E-state index contributed by atoms with van der Waals surface area (Å²) in [6, 6.07) is 2.02. The van der Waals surface area contributed by atoms with E-state index in [1.807, 2.05) is 26.8 Å². The van der Waals surface area contributed by atoms with Gasteiger partial charge in [-0.3, -0.25) is 4.79 Å². The van der Waals surface area contributed by atoms with Gasteiger partial charge in [0.15, 0.2) is 5.78 Å². The minimum atomic E-state index is -0.255. The SMILES string of the molecule is COc1c(C)c(C)cc(C)c1C(=O)C1CO1. The second-order valence-electron chi connectivity index (χ2n) is 4.23. The molecule has 3 nitrogen and oxygen atoms in total. The number of aryl methyl sites for hydroxylation is 2. The van der Waals surface area contributed by atoms with Crippen molar-refractivity contribution in [2.45, 2.75) is 26.9 Å². The van der Waals surface area contributed by atoms with Gasteiger partial charge in [-0.1, -0.05) is 6.07 Å². The van der Waals surface area contributed by atoms with Gasteiger partial charge >= 0.3 is 0 Å². The zero-order chi connectivity index (χ0) is 11.9. The predicted octanol–water partition coefficient (Wildman–Crippen LogP) is 2.20. The van der Waals surface area contributed by atoms with Gasteiger partial charge in [0.1, 0.15) is 11.9 Å². The third kappa shape index (κ3) is 1.71. The van der Waals surface area contributed by atoms with Crippen molar-refractivity contribution in [1.29, 1.82) is 0 Å². The lowest BCUT2D eigenvalue weighted by atomic mass is 9.95. The average Bonchev–Trinajstić information content (AvgIpc) is 3.05. The summed E-state index contributed by atoms with van der Waals surface area (Å²) in [6.07, 6.45) is -0.255. The van der Waals surface area contributed by atoms with Crippen LogP contribution in [0, 0.1) is 20.8 Å². The molecule has 3 heteroatoms. The Kier molecular flexibility index (Phi) is 2.72. The van der Waals surface area contributed by atoms with E-state index < -0.39 is 0 Å². The monoisotopic (exact) mass is 220 g/mol. The van der Waals surface area contributed by atoms with Crippen molar-refractivity contribution in [3.05, 3.63) is 28.3 Å². The van der Waals surface area contributed by atoms with E-state index in [0.717, 1.165) is 16.7 Å². The highest BCUT2D eigenvalue weighted by Crippen LogP contribution is 2.32. The zero-order valence-electron chi connectivity index (χ0n) is 10.1. The third-order valence-electron chi connectivity index (χ3n) is 3.06. The minimum Gasteiger partial charge on any atom is -0.496 e. The van der Waals surface area contributed by atoms with E-state index in [4.69, 9.17) is 9.47 Å². The van der Waals surface area contributed by atoms with Gasteiger partial charge in [-0.25, -0.2) is 0 Å². The maximum Gasteiger partial charge on any atom is 0.197 e. The highest BCUT2D eigenvalue weighted by Gasteiger charge is 2.35. The number of ketones is 1. The van der Waals surface area contributed by atoms with Crippen LogP contribution < -0.4 is 4.74 Å². The lowest BCUT2D eigenvalue weighted by molar-refractivity contribution is 0.0950. The number of carbonyl (C=O) groups is 1. The second-order valence-corrected chi connectivity index (χ2v) is 4.23. The molecular formula is C13H16O3. The number of carbonyl (C=O) groups excluding carboxylic acids is 1. The third-order valence-corrected chi connectivity index (χ3v) is 3.06. The Bertz CT molecular complexity index is 445. The smallest absolute Gasteiger partial charge is 0.197 e. The maximum atomic E-state index is 12.1. The molecule has 1 heterocycles. The first-order valence-electron chi connectivity index (χ1n) is 5.37. The molecule has 1 aliphatic rings. The maximum absolute atomic E-state index is 12.1. The van der Waals surface area contributed by atoms with Crippen LogP contribution in [0.1, 0.15) is 27.0 Å². The van der Waals surface area contributed by atoms with Gasteiger partial charge < -0.3 is 9.47 Å².